The third kappa shape index (κ3) is 4.44. The Balaban J connectivity index is 1.85. The Bertz CT molecular complexity index is 995. The average molecular weight is 393 g/mol. The molecule has 1 atom stereocenters. The Hall–Kier alpha value is -2.48. The van der Waals surface area contributed by atoms with Crippen molar-refractivity contribution in [2.45, 2.75) is 26.2 Å². The lowest BCUT2D eigenvalue weighted by Crippen LogP contribution is -2.00. The van der Waals surface area contributed by atoms with Gasteiger partial charge in [-0.3, -0.25) is 0 Å². The van der Waals surface area contributed by atoms with Gasteiger partial charge in [0, 0.05) is 16.0 Å². The number of carbonyl (C=O) groups is 1. The summed E-state index contributed by atoms with van der Waals surface area (Å²) in [5, 5.41) is 13.5. The average Bonchev–Trinajstić information content (AvgIpc) is 3.13. The van der Waals surface area contributed by atoms with Gasteiger partial charge in [0.1, 0.15) is 4.88 Å². The minimum atomic E-state index is -0.850. The number of hydrogen-bond acceptors (Lipinski definition) is 3. The van der Waals surface area contributed by atoms with Crippen LogP contribution < -0.4 is 0 Å². The van der Waals surface area contributed by atoms with Crippen LogP contribution in [-0.2, 0) is 0 Å². The largest absolute Gasteiger partial charge is 0.477 e. The standard InChI is InChI=1S/C23H20O2S2/c1-4-15(2)20-13-21(27-22(20)23(24)25)18-8-5-17(6-9-18)7-10-19-14-26-12-11-16(19)3/h5-6,8-9,11-15H,3-4H2,1-2H3,(H,24,25). The predicted octanol–water partition coefficient (Wildman–Crippen LogP) is 6.68. The van der Waals surface area contributed by atoms with E-state index in [1.54, 1.807) is 11.8 Å². The van der Waals surface area contributed by atoms with Crippen molar-refractivity contribution in [3.8, 4) is 22.3 Å². The highest BCUT2D eigenvalue weighted by molar-refractivity contribution is 8.05. The zero-order valence-corrected chi connectivity index (χ0v) is 16.9. The molecule has 0 spiro atoms. The number of aromatic carboxylic acids is 1. The molecule has 0 amide bonds. The fraction of sp³-hybridized carbons (Fsp3) is 0.174. The maximum absolute atomic E-state index is 11.6. The van der Waals surface area contributed by atoms with E-state index in [4.69, 9.17) is 0 Å². The predicted molar refractivity (Wildman–Crippen MR) is 116 cm³/mol. The van der Waals surface area contributed by atoms with Gasteiger partial charge in [-0.15, -0.1) is 23.1 Å². The maximum atomic E-state index is 11.6. The Labute approximate surface area is 168 Å². The Morgan fingerprint density at radius 2 is 2.00 bits per heavy atom. The van der Waals surface area contributed by atoms with Crippen LogP contribution in [0, 0.1) is 11.8 Å². The second-order valence-electron chi connectivity index (χ2n) is 6.33. The molecule has 0 fully saturated rings. The van der Waals surface area contributed by atoms with Crippen LogP contribution in [0.5, 0.6) is 0 Å². The van der Waals surface area contributed by atoms with Crippen molar-refractivity contribution >= 4 is 29.1 Å². The molecule has 3 rings (SSSR count). The van der Waals surface area contributed by atoms with Crippen molar-refractivity contribution in [3.05, 3.63) is 81.0 Å². The van der Waals surface area contributed by atoms with Crippen molar-refractivity contribution in [1.82, 2.24) is 0 Å². The first-order chi connectivity index (χ1) is 13.0. The van der Waals surface area contributed by atoms with E-state index >= 15 is 0 Å². The zero-order chi connectivity index (χ0) is 19.4. The molecule has 1 N–H and O–H groups in total. The van der Waals surface area contributed by atoms with Crippen LogP contribution >= 0.6 is 23.1 Å². The molecule has 1 aliphatic rings. The number of allylic oxidation sites excluding steroid dienone is 3. The van der Waals surface area contributed by atoms with Crippen LogP contribution in [0.25, 0.3) is 10.4 Å². The summed E-state index contributed by atoms with van der Waals surface area (Å²) in [7, 11) is 0. The van der Waals surface area contributed by atoms with Gasteiger partial charge in [-0.2, -0.15) is 0 Å². The zero-order valence-electron chi connectivity index (χ0n) is 15.3. The first kappa shape index (κ1) is 19.3. The molecule has 1 unspecified atom stereocenters. The van der Waals surface area contributed by atoms with E-state index in [0.29, 0.717) is 4.88 Å². The van der Waals surface area contributed by atoms with E-state index in [-0.39, 0.29) is 5.92 Å². The summed E-state index contributed by atoms with van der Waals surface area (Å²) in [5.41, 5.74) is 4.72. The van der Waals surface area contributed by atoms with Gasteiger partial charge in [0.15, 0.2) is 0 Å². The van der Waals surface area contributed by atoms with Crippen molar-refractivity contribution in [1.29, 1.82) is 0 Å². The summed E-state index contributed by atoms with van der Waals surface area (Å²) < 4.78 is 0. The highest BCUT2D eigenvalue weighted by atomic mass is 32.2. The van der Waals surface area contributed by atoms with Crippen LogP contribution in [0.2, 0.25) is 0 Å². The molecule has 0 aliphatic carbocycles. The molecule has 136 valence electrons. The molecule has 0 saturated carbocycles. The van der Waals surface area contributed by atoms with E-state index in [9.17, 15) is 9.90 Å². The van der Waals surface area contributed by atoms with E-state index in [1.807, 2.05) is 47.2 Å². The molecular formula is C23H20O2S2. The monoisotopic (exact) mass is 392 g/mol. The summed E-state index contributed by atoms with van der Waals surface area (Å²) >= 11 is 2.94. The first-order valence-corrected chi connectivity index (χ1v) is 10.5. The molecule has 1 aromatic heterocycles. The van der Waals surface area contributed by atoms with Gasteiger partial charge < -0.3 is 5.11 Å². The summed E-state index contributed by atoms with van der Waals surface area (Å²) in [4.78, 5) is 13.0. The Morgan fingerprint density at radius 1 is 1.26 bits per heavy atom. The van der Waals surface area contributed by atoms with E-state index in [2.05, 4.69) is 32.3 Å². The van der Waals surface area contributed by atoms with E-state index < -0.39 is 5.97 Å². The molecule has 2 heterocycles. The summed E-state index contributed by atoms with van der Waals surface area (Å²) in [5.74, 6) is 5.71. The number of benzene rings is 1. The van der Waals surface area contributed by atoms with Gasteiger partial charge in [-0.05, 0) is 64.1 Å². The minimum Gasteiger partial charge on any atom is -0.477 e. The lowest BCUT2D eigenvalue weighted by molar-refractivity contribution is 0.0700. The highest BCUT2D eigenvalue weighted by Gasteiger charge is 2.19. The second-order valence-corrected chi connectivity index (χ2v) is 8.16. The van der Waals surface area contributed by atoms with Gasteiger partial charge in [0.2, 0.25) is 0 Å². The fourth-order valence-corrected chi connectivity index (χ4v) is 4.45. The van der Waals surface area contributed by atoms with Gasteiger partial charge in [0.05, 0.1) is 0 Å². The molecule has 27 heavy (non-hydrogen) atoms. The van der Waals surface area contributed by atoms with Gasteiger partial charge >= 0.3 is 5.97 Å². The highest BCUT2D eigenvalue weighted by Crippen LogP contribution is 2.36. The lowest BCUT2D eigenvalue weighted by Gasteiger charge is -2.06. The summed E-state index contributed by atoms with van der Waals surface area (Å²) in [6, 6.07) is 9.96. The molecule has 2 aromatic rings. The molecule has 0 bridgehead atoms. The number of carboxylic acid groups (broad SMARTS) is 1. The second kappa shape index (κ2) is 8.47. The van der Waals surface area contributed by atoms with Crippen LogP contribution in [0.3, 0.4) is 0 Å². The van der Waals surface area contributed by atoms with Crippen LogP contribution in [0.4, 0.5) is 0 Å². The summed E-state index contributed by atoms with van der Waals surface area (Å²) in [6.07, 6.45) is 2.88. The first-order valence-electron chi connectivity index (χ1n) is 8.70. The number of carboxylic acids is 1. The molecule has 1 aromatic carbocycles. The third-order valence-electron chi connectivity index (χ3n) is 4.49. The minimum absolute atomic E-state index is 0.232. The van der Waals surface area contributed by atoms with Crippen molar-refractivity contribution < 1.29 is 9.90 Å². The molecule has 0 radical (unpaired) electrons. The van der Waals surface area contributed by atoms with Gasteiger partial charge in [-0.25, -0.2) is 4.79 Å². The van der Waals surface area contributed by atoms with Gasteiger partial charge in [-0.1, -0.05) is 44.4 Å². The number of rotatable bonds is 4. The smallest absolute Gasteiger partial charge is 0.346 e. The van der Waals surface area contributed by atoms with E-state index in [0.717, 1.165) is 39.1 Å². The maximum Gasteiger partial charge on any atom is 0.346 e. The van der Waals surface area contributed by atoms with Crippen molar-refractivity contribution in [2.75, 3.05) is 0 Å². The lowest BCUT2D eigenvalue weighted by atomic mass is 9.98. The molecule has 2 nitrogen and oxygen atoms in total. The third-order valence-corrected chi connectivity index (χ3v) is 6.34. The van der Waals surface area contributed by atoms with E-state index in [1.165, 1.54) is 11.3 Å². The topological polar surface area (TPSA) is 37.3 Å². The van der Waals surface area contributed by atoms with Gasteiger partial charge in [0.25, 0.3) is 0 Å². The summed E-state index contributed by atoms with van der Waals surface area (Å²) in [6.45, 7) is 8.13. The number of thiophene rings is 1. The molecule has 0 saturated heterocycles. The van der Waals surface area contributed by atoms with Crippen LogP contribution in [0.15, 0.2) is 64.9 Å². The number of thioether (sulfide) groups is 1. The van der Waals surface area contributed by atoms with Crippen LogP contribution in [0.1, 0.15) is 47.0 Å². The number of hydrogen-bond donors (Lipinski definition) is 1. The van der Waals surface area contributed by atoms with Crippen LogP contribution in [-0.4, -0.2) is 11.1 Å². The molecule has 1 aliphatic heterocycles. The Kier molecular flexibility index (Phi) is 6.05. The quantitative estimate of drug-likeness (QED) is 0.590. The normalized spacial score (nSPS) is 14.3. The molecule has 4 heteroatoms. The SMILES string of the molecule is C=C1C=CSC=C1C#Cc1ccc(-c2cc(C(C)CC)c(C(=O)O)s2)cc1. The van der Waals surface area contributed by atoms with Crippen molar-refractivity contribution in [2.24, 2.45) is 0 Å². The van der Waals surface area contributed by atoms with Crippen molar-refractivity contribution in [3.63, 3.8) is 0 Å². The fourth-order valence-electron chi connectivity index (χ4n) is 2.66. The molecular weight excluding hydrogens is 372 g/mol. The Morgan fingerprint density at radius 3 is 2.63 bits per heavy atom.